The Balaban J connectivity index is 0.000000186. The predicted octanol–water partition coefficient (Wildman–Crippen LogP) is 5.69. The van der Waals surface area contributed by atoms with Gasteiger partial charge in [0.1, 0.15) is 0 Å². The molecule has 8 rings (SSSR count). The summed E-state index contributed by atoms with van der Waals surface area (Å²) in [5, 5.41) is 35.1. The summed E-state index contributed by atoms with van der Waals surface area (Å²) in [7, 11) is -7.58. The van der Waals surface area contributed by atoms with Crippen molar-refractivity contribution in [1.29, 1.82) is 0 Å². The minimum atomic E-state index is -3.79. The van der Waals surface area contributed by atoms with Crippen molar-refractivity contribution in [2.45, 2.75) is 126 Å². The quantitative estimate of drug-likeness (QED) is 0.0770. The van der Waals surface area contributed by atoms with Gasteiger partial charge in [0.15, 0.2) is 0 Å². The normalized spacial score (nSPS) is 20.8. The summed E-state index contributed by atoms with van der Waals surface area (Å²) in [6, 6.07) is 5.33. The lowest BCUT2D eigenvalue weighted by molar-refractivity contribution is 0.168. The van der Waals surface area contributed by atoms with Crippen LogP contribution in [0.3, 0.4) is 0 Å². The first kappa shape index (κ1) is 45.6. The third kappa shape index (κ3) is 9.85. The van der Waals surface area contributed by atoms with E-state index in [0.29, 0.717) is 76.3 Å². The lowest BCUT2D eigenvalue weighted by Crippen LogP contribution is -2.37. The van der Waals surface area contributed by atoms with Gasteiger partial charge < -0.3 is 31.5 Å². The number of hydrogen-bond acceptors (Lipinski definition) is 10. The van der Waals surface area contributed by atoms with E-state index >= 15 is 0 Å². The molecule has 2 heterocycles. The van der Waals surface area contributed by atoms with Crippen molar-refractivity contribution in [1.82, 2.24) is 40.7 Å². The van der Waals surface area contributed by atoms with E-state index in [4.69, 9.17) is 0 Å². The Bertz CT molecular complexity index is 2580. The summed E-state index contributed by atoms with van der Waals surface area (Å²) in [5.74, 6) is 1.06. The number of sulfonamides is 2. The van der Waals surface area contributed by atoms with Crippen molar-refractivity contribution in [3.05, 3.63) is 70.3 Å². The van der Waals surface area contributed by atoms with Gasteiger partial charge in [0.25, 0.3) is 0 Å². The molecular weight excluding hydrogens is 833 g/mol. The van der Waals surface area contributed by atoms with Crippen molar-refractivity contribution in [2.24, 2.45) is 11.8 Å². The molecule has 336 valence electrons. The first-order valence-corrected chi connectivity index (χ1v) is 24.8. The number of rotatable bonds is 14. The van der Waals surface area contributed by atoms with Gasteiger partial charge in [-0.25, -0.2) is 35.9 Å². The Kier molecular flexibility index (Phi) is 13.5. The van der Waals surface area contributed by atoms with Crippen LogP contribution >= 0.6 is 0 Å². The fourth-order valence-electron chi connectivity index (χ4n) is 8.31. The monoisotopic (exact) mass is 892 g/mol. The Hall–Kier alpha value is -4.46. The fraction of sp³-hybridized carbons (Fsp3) is 0.545. The molecule has 8 N–H and O–H groups in total. The van der Waals surface area contributed by atoms with E-state index in [1.165, 1.54) is 0 Å². The number of carbonyl (C=O) groups excluding carboxylic acids is 2. The minimum absolute atomic E-state index is 0.156. The highest BCUT2D eigenvalue weighted by atomic mass is 32.2. The highest BCUT2D eigenvalue weighted by molar-refractivity contribution is 7.90. The summed E-state index contributed by atoms with van der Waals surface area (Å²) in [4.78, 5) is 33.8. The number of pyridine rings is 2. The van der Waals surface area contributed by atoms with Gasteiger partial charge in [-0.3, -0.25) is 9.97 Å². The lowest BCUT2D eigenvalue weighted by Gasteiger charge is -2.19. The maximum Gasteiger partial charge on any atom is 0.315 e. The molecule has 4 aromatic rings. The van der Waals surface area contributed by atoms with Crippen LogP contribution in [-0.2, 0) is 20.0 Å². The molecule has 4 aliphatic carbocycles. The van der Waals surface area contributed by atoms with Crippen LogP contribution < -0.4 is 30.7 Å². The average Bonchev–Trinajstić information content (AvgIpc) is 4.16. The second-order valence-corrected chi connectivity index (χ2v) is 21.2. The second-order valence-electron chi connectivity index (χ2n) is 17.7. The number of carbonyl (C=O) groups is 2. The van der Waals surface area contributed by atoms with Gasteiger partial charge in [0.2, 0.25) is 20.0 Å². The molecule has 4 atom stereocenters. The lowest BCUT2D eigenvalue weighted by atomic mass is 9.99. The van der Waals surface area contributed by atoms with Crippen molar-refractivity contribution >= 4 is 53.7 Å². The zero-order valence-electron chi connectivity index (χ0n) is 36.2. The third-order valence-corrected chi connectivity index (χ3v) is 14.6. The van der Waals surface area contributed by atoms with E-state index in [2.05, 4.69) is 40.7 Å². The van der Waals surface area contributed by atoms with Crippen LogP contribution in [0.2, 0.25) is 0 Å². The van der Waals surface area contributed by atoms with E-state index in [1.54, 1.807) is 24.5 Å². The number of hydrogen-bond donors (Lipinski definition) is 8. The maximum absolute atomic E-state index is 13.3. The number of urea groups is 2. The number of nitrogens with one attached hydrogen (secondary N) is 6. The zero-order chi connectivity index (χ0) is 44.7. The first-order valence-electron chi connectivity index (χ1n) is 21.8. The van der Waals surface area contributed by atoms with Gasteiger partial charge in [-0.2, -0.15) is 0 Å². The number of nitrogens with zero attached hydrogens (tertiary/aromatic N) is 2. The van der Waals surface area contributed by atoms with Crippen LogP contribution in [0, 0.1) is 11.8 Å². The maximum atomic E-state index is 13.3. The minimum Gasteiger partial charge on any atom is -0.388 e. The molecule has 2 fully saturated rings. The number of aliphatic hydroxyl groups is 2. The molecule has 16 nitrogen and oxygen atoms in total. The summed E-state index contributed by atoms with van der Waals surface area (Å²) in [6.45, 7) is 13.0. The van der Waals surface area contributed by atoms with E-state index in [1.807, 2.05) is 53.7 Å². The van der Waals surface area contributed by atoms with Gasteiger partial charge in [-0.1, -0.05) is 27.7 Å². The van der Waals surface area contributed by atoms with Crippen molar-refractivity contribution in [3.63, 3.8) is 0 Å². The third-order valence-electron chi connectivity index (χ3n) is 11.7. The van der Waals surface area contributed by atoms with Gasteiger partial charge >= 0.3 is 12.1 Å². The number of fused-ring (bicyclic) bond motifs is 6. The molecule has 0 spiro atoms. The topological polar surface area (TPSA) is 241 Å². The Morgan fingerprint density at radius 3 is 1.52 bits per heavy atom. The van der Waals surface area contributed by atoms with Gasteiger partial charge in [0.05, 0.1) is 34.1 Å². The molecule has 0 saturated heterocycles. The van der Waals surface area contributed by atoms with Crippen LogP contribution in [0.4, 0.5) is 9.59 Å². The molecule has 2 aromatic carbocycles. The van der Waals surface area contributed by atoms with E-state index in [9.17, 15) is 36.6 Å². The summed E-state index contributed by atoms with van der Waals surface area (Å²) in [5.41, 5.74) is 4.31. The highest BCUT2D eigenvalue weighted by Crippen LogP contribution is 2.48. The molecule has 62 heavy (non-hydrogen) atoms. The molecule has 2 aromatic heterocycles. The highest BCUT2D eigenvalue weighted by Gasteiger charge is 2.38. The summed E-state index contributed by atoms with van der Waals surface area (Å²) < 4.78 is 58.3. The fourth-order valence-corrected chi connectivity index (χ4v) is 11.2. The molecule has 0 aliphatic heterocycles. The van der Waals surface area contributed by atoms with Crippen molar-refractivity contribution in [3.8, 4) is 0 Å². The van der Waals surface area contributed by atoms with Crippen LogP contribution in [0.5, 0.6) is 0 Å². The van der Waals surface area contributed by atoms with Gasteiger partial charge in [-0.15, -0.1) is 0 Å². The smallest absolute Gasteiger partial charge is 0.315 e. The van der Waals surface area contributed by atoms with E-state index < -0.39 is 44.3 Å². The molecule has 0 bridgehead atoms. The van der Waals surface area contributed by atoms with Gasteiger partial charge in [0, 0.05) is 96.2 Å². The van der Waals surface area contributed by atoms with E-state index in [-0.39, 0.29) is 46.5 Å². The van der Waals surface area contributed by atoms with Crippen molar-refractivity contribution < 1.29 is 36.6 Å². The second kappa shape index (κ2) is 18.3. The number of amides is 4. The van der Waals surface area contributed by atoms with Crippen LogP contribution in [0.1, 0.15) is 150 Å². The molecule has 0 radical (unpaired) electrons. The van der Waals surface area contributed by atoms with Crippen LogP contribution in [0.25, 0.3) is 21.5 Å². The summed E-state index contributed by atoms with van der Waals surface area (Å²) >= 11 is 0. The molecule has 2 saturated carbocycles. The number of benzene rings is 2. The SMILES string of the molecule is CCNC(=O)NC1CC(O)c2c1cc(S(=O)(=O)NCC(C)C)c1cc(C3CC3)ncc21.CCNC(=O)NC1CC(O)c2cc(S(=O)(=O)NCC(C)C)c3cc(C4CC4)ncc3c21. The molecule has 4 aliphatic rings. The van der Waals surface area contributed by atoms with Crippen LogP contribution in [-0.4, -0.2) is 75.3 Å². The Morgan fingerprint density at radius 2 is 1.06 bits per heavy atom. The molecule has 4 unspecified atom stereocenters. The standard InChI is InChI=1S/2C22H30N4O4S/c1-4-23-22(28)26-18-9-19(27)15-8-20(31(29,30)25-10-12(2)3)14-7-17(13-5-6-13)24-11-16(14)21(15)18;1-4-23-22(28)26-18-9-19(27)21-15(18)8-20(31(29,30)25-10-12(2)3)14-7-17(13-5-6-13)24-11-16(14)21/h2*7-8,11-13,18-19,25,27H,4-6,9-10H2,1-3H3,(H2,23,26,28). The number of aliphatic hydroxyl groups excluding tert-OH is 2. The van der Waals surface area contributed by atoms with Crippen molar-refractivity contribution in [2.75, 3.05) is 26.2 Å². The zero-order valence-corrected chi connectivity index (χ0v) is 37.8. The van der Waals surface area contributed by atoms with E-state index in [0.717, 1.165) is 42.6 Å². The first-order chi connectivity index (χ1) is 29.4. The Labute approximate surface area is 363 Å². The predicted molar refractivity (Wildman–Crippen MR) is 237 cm³/mol. The average molecular weight is 893 g/mol. The molecule has 4 amide bonds. The van der Waals surface area contributed by atoms with Gasteiger partial charge in [-0.05, 0) is 97.9 Å². The summed E-state index contributed by atoms with van der Waals surface area (Å²) in [6.07, 6.45) is 6.50. The molecule has 18 heteroatoms. The molecular formula is C44H60N8O8S2. The van der Waals surface area contributed by atoms with Crippen LogP contribution in [0.15, 0.2) is 46.5 Å². The number of aromatic nitrogens is 2. The largest absolute Gasteiger partial charge is 0.388 e. The Morgan fingerprint density at radius 1 is 0.629 bits per heavy atom.